The summed E-state index contributed by atoms with van der Waals surface area (Å²) in [4.78, 5) is 22.3. The minimum atomic E-state index is -0.0709. The Balaban J connectivity index is 0.00000364. The summed E-state index contributed by atoms with van der Waals surface area (Å²) in [6, 6.07) is 9.75. The molecule has 148 valence electrons. The van der Waals surface area contributed by atoms with Crippen LogP contribution in [0.15, 0.2) is 40.7 Å². The number of hydrogen-bond donors (Lipinski definition) is 3. The number of pyridine rings is 1. The zero-order valence-corrected chi connectivity index (χ0v) is 19.1. The fourth-order valence-corrected chi connectivity index (χ4v) is 3.12. The van der Waals surface area contributed by atoms with Crippen molar-refractivity contribution in [3.63, 3.8) is 0 Å². The number of hydrogen-bond acceptors (Lipinski definition) is 4. The number of guanidine groups is 1. The van der Waals surface area contributed by atoms with Crippen LogP contribution >= 0.6 is 35.3 Å². The van der Waals surface area contributed by atoms with Gasteiger partial charge in [0.2, 0.25) is 5.91 Å². The first-order valence-electron chi connectivity index (χ1n) is 8.87. The highest BCUT2D eigenvalue weighted by atomic mass is 127. The number of amides is 1. The second kappa shape index (κ2) is 12.7. The van der Waals surface area contributed by atoms with Crippen molar-refractivity contribution in [3.05, 3.63) is 46.3 Å². The Labute approximate surface area is 182 Å². The standard InChI is InChI=1S/C19H27N5OS.HI/c1-4-20-19(22-13-14(2)16-8-6-12-26-16)21-11-10-18(25)24-17-9-5-7-15(3)23-17;/h5-9,12,14H,4,10-11,13H2,1-3H3,(H2,20,21,22)(H,23,24,25);1H. The van der Waals surface area contributed by atoms with Crippen molar-refractivity contribution >= 4 is 53.0 Å². The number of nitrogens with zero attached hydrogens (tertiary/aromatic N) is 2. The van der Waals surface area contributed by atoms with E-state index in [0.717, 1.165) is 18.2 Å². The van der Waals surface area contributed by atoms with Gasteiger partial charge in [-0.3, -0.25) is 9.79 Å². The van der Waals surface area contributed by atoms with Gasteiger partial charge >= 0.3 is 0 Å². The van der Waals surface area contributed by atoms with Crippen LogP contribution in [0.5, 0.6) is 0 Å². The Morgan fingerprint density at radius 2 is 2.07 bits per heavy atom. The molecule has 0 aliphatic heterocycles. The molecule has 6 nitrogen and oxygen atoms in total. The molecule has 8 heteroatoms. The molecular weight excluding hydrogens is 473 g/mol. The Hall–Kier alpha value is -1.68. The predicted molar refractivity (Wildman–Crippen MR) is 124 cm³/mol. The molecule has 3 N–H and O–H groups in total. The van der Waals surface area contributed by atoms with Gasteiger partial charge < -0.3 is 16.0 Å². The zero-order valence-electron chi connectivity index (χ0n) is 16.0. The summed E-state index contributed by atoms with van der Waals surface area (Å²) in [7, 11) is 0. The summed E-state index contributed by atoms with van der Waals surface area (Å²) in [6.07, 6.45) is 0.348. The monoisotopic (exact) mass is 501 g/mol. The molecule has 2 heterocycles. The van der Waals surface area contributed by atoms with Gasteiger partial charge in [-0.15, -0.1) is 35.3 Å². The number of anilines is 1. The van der Waals surface area contributed by atoms with Crippen LogP contribution in [0.1, 0.15) is 36.8 Å². The third-order valence-corrected chi connectivity index (χ3v) is 4.80. The van der Waals surface area contributed by atoms with Crippen molar-refractivity contribution in [2.24, 2.45) is 4.99 Å². The summed E-state index contributed by atoms with van der Waals surface area (Å²) >= 11 is 1.75. The normalized spacial score (nSPS) is 12.0. The molecule has 0 aliphatic rings. The van der Waals surface area contributed by atoms with E-state index in [0.29, 0.717) is 31.2 Å². The van der Waals surface area contributed by atoms with Gasteiger partial charge in [0, 0.05) is 36.0 Å². The first kappa shape index (κ1) is 23.4. The number of aliphatic imine (C=N–C) groups is 1. The van der Waals surface area contributed by atoms with Crippen LogP contribution in [-0.4, -0.2) is 36.5 Å². The number of halogens is 1. The second-order valence-electron chi connectivity index (χ2n) is 6.03. The summed E-state index contributed by atoms with van der Waals surface area (Å²) in [6.45, 7) is 8.08. The van der Waals surface area contributed by atoms with Crippen molar-refractivity contribution in [2.75, 3.05) is 25.0 Å². The van der Waals surface area contributed by atoms with E-state index in [1.165, 1.54) is 4.88 Å². The molecule has 0 spiro atoms. The maximum atomic E-state index is 12.0. The van der Waals surface area contributed by atoms with Crippen molar-refractivity contribution in [1.29, 1.82) is 0 Å². The lowest BCUT2D eigenvalue weighted by Gasteiger charge is -2.13. The molecular formula is C19H28IN5OS. The average Bonchev–Trinajstić information content (AvgIpc) is 3.14. The Kier molecular flexibility index (Phi) is 11.0. The molecule has 0 bridgehead atoms. The molecule has 0 saturated carbocycles. The topological polar surface area (TPSA) is 78.4 Å². The van der Waals surface area contributed by atoms with Gasteiger partial charge in [0.25, 0.3) is 0 Å². The van der Waals surface area contributed by atoms with Crippen LogP contribution in [0.25, 0.3) is 0 Å². The molecule has 0 aromatic carbocycles. The molecule has 1 atom stereocenters. The maximum absolute atomic E-state index is 12.0. The Morgan fingerprint density at radius 1 is 1.26 bits per heavy atom. The van der Waals surface area contributed by atoms with Crippen LogP contribution < -0.4 is 16.0 Å². The fraction of sp³-hybridized carbons (Fsp3) is 0.421. The zero-order chi connectivity index (χ0) is 18.8. The lowest BCUT2D eigenvalue weighted by Crippen LogP contribution is -2.39. The van der Waals surface area contributed by atoms with E-state index in [4.69, 9.17) is 0 Å². The lowest BCUT2D eigenvalue weighted by atomic mass is 10.1. The highest BCUT2D eigenvalue weighted by Gasteiger charge is 2.07. The highest BCUT2D eigenvalue weighted by Crippen LogP contribution is 2.20. The van der Waals surface area contributed by atoms with Gasteiger partial charge in [0.1, 0.15) is 5.82 Å². The molecule has 1 amide bonds. The summed E-state index contributed by atoms with van der Waals surface area (Å²) in [5.41, 5.74) is 0.877. The van der Waals surface area contributed by atoms with E-state index < -0.39 is 0 Å². The maximum Gasteiger partial charge on any atom is 0.227 e. The van der Waals surface area contributed by atoms with Crippen molar-refractivity contribution in [1.82, 2.24) is 15.6 Å². The minimum absolute atomic E-state index is 0. The van der Waals surface area contributed by atoms with Crippen LogP contribution in [0.3, 0.4) is 0 Å². The average molecular weight is 501 g/mol. The predicted octanol–water partition coefficient (Wildman–Crippen LogP) is 3.76. The molecule has 0 saturated heterocycles. The summed E-state index contributed by atoms with van der Waals surface area (Å²) in [5.74, 6) is 1.62. The summed E-state index contributed by atoms with van der Waals surface area (Å²) in [5, 5.41) is 11.3. The molecule has 27 heavy (non-hydrogen) atoms. The van der Waals surface area contributed by atoms with Crippen molar-refractivity contribution in [3.8, 4) is 0 Å². The van der Waals surface area contributed by atoms with Gasteiger partial charge in [0.05, 0.1) is 6.54 Å². The van der Waals surface area contributed by atoms with Gasteiger partial charge in [0.15, 0.2) is 5.96 Å². The first-order valence-corrected chi connectivity index (χ1v) is 9.75. The quantitative estimate of drug-likeness (QED) is 0.293. The van der Waals surface area contributed by atoms with Gasteiger partial charge in [-0.25, -0.2) is 4.98 Å². The molecule has 1 unspecified atom stereocenters. The minimum Gasteiger partial charge on any atom is -0.357 e. The number of rotatable bonds is 8. The van der Waals surface area contributed by atoms with E-state index in [1.807, 2.05) is 26.0 Å². The largest absolute Gasteiger partial charge is 0.357 e. The van der Waals surface area contributed by atoms with Crippen LogP contribution in [0.2, 0.25) is 0 Å². The highest BCUT2D eigenvalue weighted by molar-refractivity contribution is 14.0. The van der Waals surface area contributed by atoms with Crippen LogP contribution in [0, 0.1) is 6.92 Å². The first-order chi connectivity index (χ1) is 12.6. The number of nitrogens with one attached hydrogen (secondary N) is 3. The third-order valence-electron chi connectivity index (χ3n) is 3.70. The number of thiophene rings is 1. The molecule has 0 radical (unpaired) electrons. The van der Waals surface area contributed by atoms with E-state index in [9.17, 15) is 4.79 Å². The van der Waals surface area contributed by atoms with E-state index in [1.54, 1.807) is 17.4 Å². The molecule has 2 aromatic heterocycles. The van der Waals surface area contributed by atoms with Gasteiger partial charge in [-0.2, -0.15) is 0 Å². The SMILES string of the molecule is CCNC(=NCC(C)c1cccs1)NCCC(=O)Nc1cccc(C)n1.I. The lowest BCUT2D eigenvalue weighted by molar-refractivity contribution is -0.116. The molecule has 0 fully saturated rings. The summed E-state index contributed by atoms with van der Waals surface area (Å²) < 4.78 is 0. The number of carbonyl (C=O) groups is 1. The Bertz CT molecular complexity index is 721. The third kappa shape index (κ3) is 8.70. The molecule has 2 aromatic rings. The van der Waals surface area contributed by atoms with E-state index in [2.05, 4.69) is 50.4 Å². The molecule has 0 aliphatic carbocycles. The van der Waals surface area contributed by atoms with E-state index >= 15 is 0 Å². The second-order valence-corrected chi connectivity index (χ2v) is 7.00. The Morgan fingerprint density at radius 3 is 2.74 bits per heavy atom. The van der Waals surface area contributed by atoms with Crippen molar-refractivity contribution < 1.29 is 4.79 Å². The van der Waals surface area contributed by atoms with Crippen LogP contribution in [-0.2, 0) is 4.79 Å². The van der Waals surface area contributed by atoms with E-state index in [-0.39, 0.29) is 29.9 Å². The number of aryl methyl sites for hydroxylation is 1. The number of aromatic nitrogens is 1. The van der Waals surface area contributed by atoms with Gasteiger partial charge in [-0.05, 0) is 37.4 Å². The number of carbonyl (C=O) groups excluding carboxylic acids is 1. The van der Waals surface area contributed by atoms with Gasteiger partial charge in [-0.1, -0.05) is 19.1 Å². The fourth-order valence-electron chi connectivity index (χ4n) is 2.34. The van der Waals surface area contributed by atoms with Crippen LogP contribution in [0.4, 0.5) is 5.82 Å². The smallest absolute Gasteiger partial charge is 0.227 e. The molecule has 2 rings (SSSR count). The van der Waals surface area contributed by atoms with Crippen molar-refractivity contribution in [2.45, 2.75) is 33.1 Å².